The van der Waals surface area contributed by atoms with Crippen molar-refractivity contribution in [1.82, 2.24) is 10.2 Å². The van der Waals surface area contributed by atoms with Crippen LogP contribution in [0.2, 0.25) is 0 Å². The first kappa shape index (κ1) is 13.4. The lowest BCUT2D eigenvalue weighted by Gasteiger charge is -2.27. The average Bonchev–Trinajstić information content (AvgIpc) is 3.10. The molecule has 1 unspecified atom stereocenters. The number of hydrogen-bond acceptors (Lipinski definition) is 3. The van der Waals surface area contributed by atoms with Crippen molar-refractivity contribution in [2.24, 2.45) is 5.92 Å². The summed E-state index contributed by atoms with van der Waals surface area (Å²) in [6, 6.07) is 1.11. The van der Waals surface area contributed by atoms with E-state index in [9.17, 15) is 4.79 Å². The van der Waals surface area contributed by atoms with Crippen LogP contribution in [-0.4, -0.2) is 49.2 Å². The molecule has 2 aliphatic heterocycles. The molecular weight excluding hydrogens is 240 g/mol. The van der Waals surface area contributed by atoms with E-state index in [1.807, 2.05) is 0 Å². The molecule has 4 heteroatoms. The Hall–Kier alpha value is -0.610. The third-order valence-corrected chi connectivity index (χ3v) is 4.90. The zero-order chi connectivity index (χ0) is 13.1. The second-order valence-corrected chi connectivity index (χ2v) is 6.30. The fourth-order valence-corrected chi connectivity index (χ4v) is 3.73. The summed E-state index contributed by atoms with van der Waals surface area (Å²) in [5.74, 6) is 0.760. The van der Waals surface area contributed by atoms with Gasteiger partial charge in [-0.05, 0) is 32.1 Å². The molecule has 108 valence electrons. The summed E-state index contributed by atoms with van der Waals surface area (Å²) in [5, 5.41) is 3.72. The summed E-state index contributed by atoms with van der Waals surface area (Å²) in [6.45, 7) is 3.65. The SMILES string of the molecule is O=C(C1CCCC1)N1CCC(NC2CCOCC2)C1. The molecule has 2 saturated heterocycles. The Morgan fingerprint density at radius 2 is 1.74 bits per heavy atom. The van der Waals surface area contributed by atoms with Crippen LogP contribution in [0.15, 0.2) is 0 Å². The first-order valence-corrected chi connectivity index (χ1v) is 7.95. The van der Waals surface area contributed by atoms with E-state index >= 15 is 0 Å². The molecule has 2 heterocycles. The Kier molecular flexibility index (Phi) is 4.38. The fourth-order valence-electron chi connectivity index (χ4n) is 3.73. The number of carbonyl (C=O) groups excluding carboxylic acids is 1. The monoisotopic (exact) mass is 266 g/mol. The van der Waals surface area contributed by atoms with E-state index in [1.54, 1.807) is 0 Å². The maximum atomic E-state index is 12.4. The van der Waals surface area contributed by atoms with Crippen LogP contribution >= 0.6 is 0 Å². The highest BCUT2D eigenvalue weighted by molar-refractivity contribution is 5.79. The Balaban J connectivity index is 1.45. The molecule has 1 saturated carbocycles. The number of likely N-dealkylation sites (tertiary alicyclic amines) is 1. The number of rotatable bonds is 3. The lowest BCUT2D eigenvalue weighted by Crippen LogP contribution is -2.44. The third-order valence-electron chi connectivity index (χ3n) is 4.90. The first-order valence-electron chi connectivity index (χ1n) is 7.95. The van der Waals surface area contributed by atoms with Crippen LogP contribution in [0.5, 0.6) is 0 Å². The molecule has 0 aromatic heterocycles. The predicted octanol–water partition coefficient (Wildman–Crippen LogP) is 1.55. The largest absolute Gasteiger partial charge is 0.381 e. The first-order chi connectivity index (χ1) is 9.33. The minimum Gasteiger partial charge on any atom is -0.381 e. The van der Waals surface area contributed by atoms with E-state index in [2.05, 4.69) is 10.2 Å². The molecule has 0 radical (unpaired) electrons. The predicted molar refractivity (Wildman–Crippen MR) is 73.9 cm³/mol. The molecule has 19 heavy (non-hydrogen) atoms. The summed E-state index contributed by atoms with van der Waals surface area (Å²) >= 11 is 0. The van der Waals surface area contributed by atoms with E-state index in [0.29, 0.717) is 23.9 Å². The van der Waals surface area contributed by atoms with E-state index in [0.717, 1.165) is 58.4 Å². The van der Waals surface area contributed by atoms with Gasteiger partial charge in [-0.3, -0.25) is 4.79 Å². The summed E-state index contributed by atoms with van der Waals surface area (Å²) in [6.07, 6.45) is 8.08. The van der Waals surface area contributed by atoms with Gasteiger partial charge in [0.2, 0.25) is 5.91 Å². The van der Waals surface area contributed by atoms with Crippen molar-refractivity contribution in [2.45, 2.75) is 57.0 Å². The molecule has 4 nitrogen and oxygen atoms in total. The third kappa shape index (κ3) is 3.29. The van der Waals surface area contributed by atoms with Crippen LogP contribution in [0.1, 0.15) is 44.9 Å². The minimum absolute atomic E-state index is 0.335. The van der Waals surface area contributed by atoms with Gasteiger partial charge in [-0.2, -0.15) is 0 Å². The topological polar surface area (TPSA) is 41.6 Å². The quantitative estimate of drug-likeness (QED) is 0.842. The number of hydrogen-bond donors (Lipinski definition) is 1. The molecule has 0 spiro atoms. The molecular formula is C15H26N2O2. The van der Waals surface area contributed by atoms with Crippen LogP contribution in [0.25, 0.3) is 0 Å². The Bertz CT molecular complexity index is 309. The average molecular weight is 266 g/mol. The minimum atomic E-state index is 0.335. The van der Waals surface area contributed by atoms with Gasteiger partial charge in [0.25, 0.3) is 0 Å². The van der Waals surface area contributed by atoms with Crippen molar-refractivity contribution in [3.05, 3.63) is 0 Å². The maximum Gasteiger partial charge on any atom is 0.225 e. The Labute approximate surface area is 115 Å². The number of nitrogens with one attached hydrogen (secondary N) is 1. The second kappa shape index (κ2) is 6.23. The summed E-state index contributed by atoms with van der Waals surface area (Å²) in [5.41, 5.74) is 0. The van der Waals surface area contributed by atoms with Crippen molar-refractivity contribution in [1.29, 1.82) is 0 Å². The van der Waals surface area contributed by atoms with Crippen LogP contribution in [0.3, 0.4) is 0 Å². The van der Waals surface area contributed by atoms with Crippen LogP contribution in [0.4, 0.5) is 0 Å². The fraction of sp³-hybridized carbons (Fsp3) is 0.933. The van der Waals surface area contributed by atoms with Gasteiger partial charge in [0.1, 0.15) is 0 Å². The zero-order valence-electron chi connectivity index (χ0n) is 11.8. The van der Waals surface area contributed by atoms with Gasteiger partial charge < -0.3 is 15.0 Å². The van der Waals surface area contributed by atoms with Crippen molar-refractivity contribution < 1.29 is 9.53 Å². The highest BCUT2D eigenvalue weighted by Crippen LogP contribution is 2.28. The molecule has 3 fully saturated rings. The van der Waals surface area contributed by atoms with Gasteiger partial charge >= 0.3 is 0 Å². The van der Waals surface area contributed by atoms with E-state index in [-0.39, 0.29) is 0 Å². The number of nitrogens with zero attached hydrogens (tertiary/aromatic N) is 1. The number of carbonyl (C=O) groups is 1. The van der Waals surface area contributed by atoms with Gasteiger partial charge in [-0.25, -0.2) is 0 Å². The van der Waals surface area contributed by atoms with Crippen molar-refractivity contribution in [2.75, 3.05) is 26.3 Å². The summed E-state index contributed by atoms with van der Waals surface area (Å²) < 4.78 is 5.39. The smallest absolute Gasteiger partial charge is 0.225 e. The van der Waals surface area contributed by atoms with Gasteiger partial charge in [0.05, 0.1) is 0 Å². The van der Waals surface area contributed by atoms with Crippen LogP contribution < -0.4 is 5.32 Å². The van der Waals surface area contributed by atoms with Crippen molar-refractivity contribution in [3.63, 3.8) is 0 Å². The van der Waals surface area contributed by atoms with Crippen molar-refractivity contribution in [3.8, 4) is 0 Å². The van der Waals surface area contributed by atoms with Gasteiger partial charge in [-0.15, -0.1) is 0 Å². The van der Waals surface area contributed by atoms with Gasteiger partial charge in [0.15, 0.2) is 0 Å². The lowest BCUT2D eigenvalue weighted by molar-refractivity contribution is -0.134. The summed E-state index contributed by atoms with van der Waals surface area (Å²) in [7, 11) is 0. The number of amides is 1. The Morgan fingerprint density at radius 3 is 2.47 bits per heavy atom. The molecule has 1 N–H and O–H groups in total. The van der Waals surface area contributed by atoms with Crippen molar-refractivity contribution >= 4 is 5.91 Å². The van der Waals surface area contributed by atoms with Gasteiger partial charge in [-0.1, -0.05) is 12.8 Å². The molecule has 3 aliphatic rings. The van der Waals surface area contributed by atoms with E-state index < -0.39 is 0 Å². The second-order valence-electron chi connectivity index (χ2n) is 6.30. The molecule has 1 atom stereocenters. The maximum absolute atomic E-state index is 12.4. The molecule has 0 aromatic rings. The van der Waals surface area contributed by atoms with Crippen LogP contribution in [0, 0.1) is 5.92 Å². The molecule has 1 amide bonds. The lowest BCUT2D eigenvalue weighted by atomic mass is 10.1. The van der Waals surface area contributed by atoms with Crippen LogP contribution in [-0.2, 0) is 9.53 Å². The highest BCUT2D eigenvalue weighted by atomic mass is 16.5. The number of ether oxygens (including phenoxy) is 1. The van der Waals surface area contributed by atoms with E-state index in [1.165, 1.54) is 12.8 Å². The summed E-state index contributed by atoms with van der Waals surface area (Å²) in [4.78, 5) is 14.5. The molecule has 0 aromatic carbocycles. The highest BCUT2D eigenvalue weighted by Gasteiger charge is 2.32. The molecule has 1 aliphatic carbocycles. The molecule has 3 rings (SSSR count). The van der Waals surface area contributed by atoms with E-state index in [4.69, 9.17) is 4.74 Å². The van der Waals surface area contributed by atoms with Gasteiger partial charge in [0, 0.05) is 44.3 Å². The zero-order valence-corrected chi connectivity index (χ0v) is 11.8. The Morgan fingerprint density at radius 1 is 1.00 bits per heavy atom. The standard InChI is InChI=1S/C15H26N2O2/c18-15(12-3-1-2-4-12)17-8-5-14(11-17)16-13-6-9-19-10-7-13/h12-14,16H,1-11H2. The molecule has 0 bridgehead atoms. The normalized spacial score (nSPS) is 30.1.